The Morgan fingerprint density at radius 2 is 1.56 bits per heavy atom. The lowest BCUT2D eigenvalue weighted by Crippen LogP contribution is -2.18. The second-order valence-electron chi connectivity index (χ2n) is 2.35. The molecule has 0 radical (unpaired) electrons. The van der Waals surface area contributed by atoms with Crippen LogP contribution < -0.4 is 0 Å². The van der Waals surface area contributed by atoms with E-state index in [1.807, 2.05) is 13.8 Å². The molecular weight excluding hydrogens is 126 g/mol. The van der Waals surface area contributed by atoms with Crippen molar-refractivity contribution in [2.75, 3.05) is 0 Å². The Bertz CT molecular complexity index is 73.5. The fourth-order valence-electron chi connectivity index (χ4n) is 0.319. The first-order chi connectivity index (χ1) is 4.04. The normalized spacial score (nSPS) is 15.0. The van der Waals surface area contributed by atoms with E-state index in [-0.39, 0.29) is 12.0 Å². The number of alkyl halides is 2. The number of hydrogen-bond acceptors (Lipinski definition) is 1. The van der Waals surface area contributed by atoms with Crippen molar-refractivity contribution in [3.05, 3.63) is 0 Å². The predicted octanol–water partition coefficient (Wildman–Crippen LogP) is 2.27. The molecule has 1 atom stereocenters. The van der Waals surface area contributed by atoms with Gasteiger partial charge in [0.1, 0.15) is 0 Å². The highest BCUT2D eigenvalue weighted by molar-refractivity contribution is 4.52. The summed E-state index contributed by atoms with van der Waals surface area (Å²) in [7, 11) is 0. The summed E-state index contributed by atoms with van der Waals surface area (Å²) in [6, 6.07) is 0. The lowest BCUT2D eigenvalue weighted by molar-refractivity contribution is -0.167. The fourth-order valence-corrected chi connectivity index (χ4v) is 0.319. The largest absolute Gasteiger partial charge is 0.345 e. The van der Waals surface area contributed by atoms with Gasteiger partial charge >= 0.3 is 6.61 Å². The van der Waals surface area contributed by atoms with E-state index >= 15 is 0 Å². The Labute approximate surface area is 54.0 Å². The molecule has 0 heterocycles. The summed E-state index contributed by atoms with van der Waals surface area (Å²) in [6.45, 7) is 2.68. The van der Waals surface area contributed by atoms with Crippen molar-refractivity contribution in [1.29, 1.82) is 0 Å². The van der Waals surface area contributed by atoms with Gasteiger partial charge in [-0.05, 0) is 12.8 Å². The quantitative estimate of drug-likeness (QED) is 0.581. The smallest absolute Gasteiger partial charge is 0.320 e. The van der Waals surface area contributed by atoms with Crippen LogP contribution in [0.4, 0.5) is 8.78 Å². The second kappa shape index (κ2) is 3.77. The molecule has 0 aromatic carbocycles. The fraction of sp³-hybridized carbons (Fsp3) is 1.00. The van der Waals surface area contributed by atoms with Crippen LogP contribution >= 0.6 is 0 Å². The van der Waals surface area contributed by atoms with E-state index in [4.69, 9.17) is 0 Å². The van der Waals surface area contributed by atoms with E-state index < -0.39 is 6.61 Å². The summed E-state index contributed by atoms with van der Waals surface area (Å²) in [6.07, 6.45) is -0.356. The average Bonchev–Trinajstić information content (AvgIpc) is 1.63. The van der Waals surface area contributed by atoms with E-state index in [1.54, 1.807) is 6.92 Å². The van der Waals surface area contributed by atoms with Gasteiger partial charge in [0.15, 0.2) is 0 Å². The standard InChI is InChI=1S/C6H12F2O/c1-4(2)5(3)9-6(7)8/h4-6H,1-3H3. The number of rotatable bonds is 3. The van der Waals surface area contributed by atoms with Gasteiger partial charge in [0.25, 0.3) is 0 Å². The predicted molar refractivity (Wildman–Crippen MR) is 31.4 cm³/mol. The van der Waals surface area contributed by atoms with Gasteiger partial charge < -0.3 is 4.74 Å². The van der Waals surface area contributed by atoms with E-state index in [2.05, 4.69) is 4.74 Å². The van der Waals surface area contributed by atoms with Gasteiger partial charge in [-0.1, -0.05) is 13.8 Å². The average molecular weight is 138 g/mol. The third kappa shape index (κ3) is 4.33. The summed E-state index contributed by atoms with van der Waals surface area (Å²) in [5.74, 6) is 0.152. The first-order valence-corrected chi connectivity index (χ1v) is 2.97. The highest BCUT2D eigenvalue weighted by Crippen LogP contribution is 2.09. The van der Waals surface area contributed by atoms with Crippen molar-refractivity contribution in [2.24, 2.45) is 5.92 Å². The number of hydrogen-bond donors (Lipinski definition) is 0. The van der Waals surface area contributed by atoms with Crippen LogP contribution in [0.25, 0.3) is 0 Å². The van der Waals surface area contributed by atoms with Gasteiger partial charge in [-0.15, -0.1) is 0 Å². The Morgan fingerprint density at radius 1 is 1.11 bits per heavy atom. The van der Waals surface area contributed by atoms with Crippen LogP contribution in [0.2, 0.25) is 0 Å². The Morgan fingerprint density at radius 3 is 1.67 bits per heavy atom. The molecule has 0 N–H and O–H groups in total. The molecule has 0 saturated heterocycles. The Hall–Kier alpha value is -0.180. The highest BCUT2D eigenvalue weighted by Gasteiger charge is 2.12. The molecule has 56 valence electrons. The highest BCUT2D eigenvalue weighted by atomic mass is 19.3. The number of halogens is 2. The monoisotopic (exact) mass is 138 g/mol. The van der Waals surface area contributed by atoms with Crippen LogP contribution in [0.15, 0.2) is 0 Å². The van der Waals surface area contributed by atoms with Gasteiger partial charge in [-0.3, -0.25) is 0 Å². The molecule has 0 fully saturated rings. The molecule has 0 rings (SSSR count). The molecule has 0 spiro atoms. The van der Waals surface area contributed by atoms with Gasteiger partial charge in [-0.25, -0.2) is 0 Å². The van der Waals surface area contributed by atoms with E-state index in [9.17, 15) is 8.78 Å². The molecule has 0 bridgehead atoms. The molecule has 0 aromatic rings. The van der Waals surface area contributed by atoms with Gasteiger partial charge in [0.2, 0.25) is 0 Å². The molecule has 1 unspecified atom stereocenters. The molecule has 1 nitrogen and oxygen atoms in total. The molecule has 0 aromatic heterocycles. The molecule has 9 heavy (non-hydrogen) atoms. The SMILES string of the molecule is CC(C)C(C)OC(F)F. The van der Waals surface area contributed by atoms with Crippen molar-refractivity contribution < 1.29 is 13.5 Å². The van der Waals surface area contributed by atoms with Gasteiger partial charge in [0, 0.05) is 0 Å². The van der Waals surface area contributed by atoms with Crippen molar-refractivity contribution in [3.8, 4) is 0 Å². The van der Waals surface area contributed by atoms with Crippen LogP contribution in [0.3, 0.4) is 0 Å². The topological polar surface area (TPSA) is 9.23 Å². The number of ether oxygens (including phenoxy) is 1. The Kier molecular flexibility index (Phi) is 3.70. The first kappa shape index (κ1) is 8.82. The van der Waals surface area contributed by atoms with E-state index in [0.717, 1.165) is 0 Å². The maximum absolute atomic E-state index is 11.4. The lowest BCUT2D eigenvalue weighted by atomic mass is 10.1. The van der Waals surface area contributed by atoms with Crippen LogP contribution in [0.1, 0.15) is 20.8 Å². The molecule has 0 aliphatic heterocycles. The maximum atomic E-state index is 11.4. The first-order valence-electron chi connectivity index (χ1n) is 2.97. The molecule has 0 aliphatic rings. The molecule has 0 saturated carbocycles. The van der Waals surface area contributed by atoms with Crippen LogP contribution in [0, 0.1) is 5.92 Å². The van der Waals surface area contributed by atoms with Crippen molar-refractivity contribution in [2.45, 2.75) is 33.5 Å². The molecular formula is C6H12F2O. The summed E-state index contributed by atoms with van der Waals surface area (Å²) in [4.78, 5) is 0. The minimum absolute atomic E-state index is 0.152. The van der Waals surface area contributed by atoms with Gasteiger partial charge in [-0.2, -0.15) is 8.78 Å². The second-order valence-corrected chi connectivity index (χ2v) is 2.35. The van der Waals surface area contributed by atoms with Crippen LogP contribution in [-0.2, 0) is 4.74 Å². The summed E-state index contributed by atoms with van der Waals surface area (Å²) in [5, 5.41) is 0. The molecule has 0 amide bonds. The third-order valence-electron chi connectivity index (χ3n) is 1.26. The Balaban J connectivity index is 3.38. The van der Waals surface area contributed by atoms with Crippen LogP contribution in [-0.4, -0.2) is 12.7 Å². The van der Waals surface area contributed by atoms with Crippen molar-refractivity contribution in [1.82, 2.24) is 0 Å². The molecule has 0 aliphatic carbocycles. The van der Waals surface area contributed by atoms with E-state index in [0.29, 0.717) is 0 Å². The van der Waals surface area contributed by atoms with E-state index in [1.165, 1.54) is 0 Å². The zero-order valence-corrected chi connectivity index (χ0v) is 5.90. The molecule has 3 heteroatoms. The summed E-state index contributed by atoms with van der Waals surface area (Å²) in [5.41, 5.74) is 0. The zero-order chi connectivity index (χ0) is 7.44. The maximum Gasteiger partial charge on any atom is 0.345 e. The van der Waals surface area contributed by atoms with Gasteiger partial charge in [0.05, 0.1) is 6.10 Å². The summed E-state index contributed by atoms with van der Waals surface area (Å²) < 4.78 is 27.0. The minimum atomic E-state index is -2.64. The third-order valence-corrected chi connectivity index (χ3v) is 1.26. The lowest BCUT2D eigenvalue weighted by Gasteiger charge is -2.14. The summed E-state index contributed by atoms with van der Waals surface area (Å²) >= 11 is 0. The minimum Gasteiger partial charge on any atom is -0.320 e. The van der Waals surface area contributed by atoms with Crippen molar-refractivity contribution in [3.63, 3.8) is 0 Å². The van der Waals surface area contributed by atoms with Crippen LogP contribution in [0.5, 0.6) is 0 Å². The zero-order valence-electron chi connectivity index (χ0n) is 5.90. The van der Waals surface area contributed by atoms with Crippen molar-refractivity contribution >= 4 is 0 Å².